The van der Waals surface area contributed by atoms with E-state index in [1.807, 2.05) is 30.3 Å². The van der Waals surface area contributed by atoms with E-state index in [0.29, 0.717) is 18.7 Å². The fourth-order valence-electron chi connectivity index (χ4n) is 2.92. The zero-order valence-electron chi connectivity index (χ0n) is 12.1. The molecule has 0 bridgehead atoms. The average molecular weight is 272 g/mol. The minimum atomic E-state index is 0.340. The van der Waals surface area contributed by atoms with Gasteiger partial charge in [-0.3, -0.25) is 9.69 Å². The van der Waals surface area contributed by atoms with Crippen LogP contribution >= 0.6 is 0 Å². The molecule has 3 rings (SSSR count). The smallest absolute Gasteiger partial charge is 0.151 e. The molecule has 2 fully saturated rings. The molecule has 1 aliphatic carbocycles. The van der Waals surface area contributed by atoms with Crippen LogP contribution in [-0.4, -0.2) is 54.9 Å². The van der Waals surface area contributed by atoms with Crippen LogP contribution in [0.25, 0.3) is 0 Å². The van der Waals surface area contributed by atoms with Crippen molar-refractivity contribution in [3.63, 3.8) is 0 Å². The van der Waals surface area contributed by atoms with Gasteiger partial charge in [-0.05, 0) is 24.3 Å². The first-order chi connectivity index (χ1) is 9.79. The second-order valence-corrected chi connectivity index (χ2v) is 6.22. The first-order valence-electron chi connectivity index (χ1n) is 7.80. The zero-order chi connectivity index (χ0) is 13.8. The molecule has 0 radical (unpaired) electrons. The number of benzene rings is 1. The van der Waals surface area contributed by atoms with E-state index in [1.165, 1.54) is 19.4 Å². The van der Waals surface area contributed by atoms with Gasteiger partial charge in [0.2, 0.25) is 0 Å². The molecule has 1 heterocycles. The predicted molar refractivity (Wildman–Crippen MR) is 80.8 cm³/mol. The van der Waals surface area contributed by atoms with E-state index >= 15 is 0 Å². The van der Waals surface area contributed by atoms with Crippen LogP contribution in [0.2, 0.25) is 0 Å². The van der Waals surface area contributed by atoms with Crippen LogP contribution in [0.15, 0.2) is 30.3 Å². The average Bonchev–Trinajstić information content (AvgIpc) is 3.26. The molecule has 1 aromatic rings. The van der Waals surface area contributed by atoms with Crippen molar-refractivity contribution in [2.45, 2.75) is 19.3 Å². The Kier molecular flexibility index (Phi) is 4.48. The number of carbonyl (C=O) groups excluding carboxylic acids is 1. The number of hydrogen-bond acceptors (Lipinski definition) is 3. The SMILES string of the molecule is O=C(Cc1ccccc1)CN1CCN(CC2CC2)CC1. The highest BCUT2D eigenvalue weighted by atomic mass is 16.1. The Labute approximate surface area is 121 Å². The second-order valence-electron chi connectivity index (χ2n) is 6.22. The summed E-state index contributed by atoms with van der Waals surface area (Å²) < 4.78 is 0. The minimum Gasteiger partial charge on any atom is -0.301 e. The van der Waals surface area contributed by atoms with E-state index in [2.05, 4.69) is 9.80 Å². The molecule has 0 atom stereocenters. The molecule has 3 heteroatoms. The van der Waals surface area contributed by atoms with E-state index in [0.717, 1.165) is 37.7 Å². The molecule has 1 saturated carbocycles. The van der Waals surface area contributed by atoms with Gasteiger partial charge < -0.3 is 4.90 Å². The van der Waals surface area contributed by atoms with Crippen LogP contribution in [0.1, 0.15) is 18.4 Å². The Morgan fingerprint density at radius 1 is 1.00 bits per heavy atom. The molecule has 0 aromatic heterocycles. The number of piperazine rings is 1. The summed E-state index contributed by atoms with van der Waals surface area (Å²) >= 11 is 0. The molecule has 1 saturated heterocycles. The van der Waals surface area contributed by atoms with Gasteiger partial charge in [0.15, 0.2) is 5.78 Å². The number of Topliss-reactive ketones (excluding diaryl/α,β-unsaturated/α-hetero) is 1. The van der Waals surface area contributed by atoms with Crippen molar-refractivity contribution >= 4 is 5.78 Å². The molecule has 2 aliphatic rings. The van der Waals surface area contributed by atoms with E-state index in [4.69, 9.17) is 0 Å². The van der Waals surface area contributed by atoms with Crippen molar-refractivity contribution in [2.75, 3.05) is 39.3 Å². The summed E-state index contributed by atoms with van der Waals surface area (Å²) in [5.74, 6) is 1.31. The lowest BCUT2D eigenvalue weighted by atomic mass is 10.1. The van der Waals surface area contributed by atoms with Gasteiger partial charge in [-0.2, -0.15) is 0 Å². The molecular formula is C17H24N2O. The van der Waals surface area contributed by atoms with E-state index in [9.17, 15) is 4.79 Å². The lowest BCUT2D eigenvalue weighted by Gasteiger charge is -2.34. The zero-order valence-corrected chi connectivity index (χ0v) is 12.1. The van der Waals surface area contributed by atoms with Crippen LogP contribution in [-0.2, 0) is 11.2 Å². The van der Waals surface area contributed by atoms with Crippen molar-refractivity contribution in [2.24, 2.45) is 5.92 Å². The number of hydrogen-bond donors (Lipinski definition) is 0. The summed E-state index contributed by atoms with van der Waals surface area (Å²) in [4.78, 5) is 17.0. The highest BCUT2D eigenvalue weighted by Gasteiger charge is 2.26. The Hall–Kier alpha value is -1.19. The molecule has 3 nitrogen and oxygen atoms in total. The van der Waals surface area contributed by atoms with Crippen LogP contribution in [0.4, 0.5) is 0 Å². The van der Waals surface area contributed by atoms with E-state index in [-0.39, 0.29) is 0 Å². The lowest BCUT2D eigenvalue weighted by Crippen LogP contribution is -2.48. The molecule has 108 valence electrons. The van der Waals surface area contributed by atoms with Crippen molar-refractivity contribution in [3.05, 3.63) is 35.9 Å². The fourth-order valence-corrected chi connectivity index (χ4v) is 2.92. The standard InChI is InChI=1S/C17H24N2O/c20-17(12-15-4-2-1-3-5-15)14-19-10-8-18(9-11-19)13-16-6-7-16/h1-5,16H,6-14H2. The molecular weight excluding hydrogens is 248 g/mol. The van der Waals surface area contributed by atoms with Crippen molar-refractivity contribution in [1.82, 2.24) is 9.80 Å². The predicted octanol–water partition coefficient (Wildman–Crippen LogP) is 1.83. The van der Waals surface area contributed by atoms with Crippen molar-refractivity contribution < 1.29 is 4.79 Å². The maximum Gasteiger partial charge on any atom is 0.151 e. The summed E-state index contributed by atoms with van der Waals surface area (Å²) in [6.07, 6.45) is 3.43. The lowest BCUT2D eigenvalue weighted by molar-refractivity contribution is -0.120. The maximum absolute atomic E-state index is 12.1. The number of ketones is 1. The third-order valence-electron chi connectivity index (χ3n) is 4.32. The summed E-state index contributed by atoms with van der Waals surface area (Å²) in [5.41, 5.74) is 1.13. The molecule has 0 amide bonds. The summed E-state index contributed by atoms with van der Waals surface area (Å²) in [5, 5.41) is 0. The van der Waals surface area contributed by atoms with Crippen LogP contribution < -0.4 is 0 Å². The van der Waals surface area contributed by atoms with Gasteiger partial charge in [-0.1, -0.05) is 30.3 Å². The summed E-state index contributed by atoms with van der Waals surface area (Å²) in [6.45, 7) is 6.27. The highest BCUT2D eigenvalue weighted by molar-refractivity contribution is 5.82. The first-order valence-corrected chi connectivity index (χ1v) is 7.80. The molecule has 1 aliphatic heterocycles. The molecule has 0 spiro atoms. The van der Waals surface area contributed by atoms with Gasteiger partial charge in [0.1, 0.15) is 0 Å². The van der Waals surface area contributed by atoms with E-state index in [1.54, 1.807) is 0 Å². The minimum absolute atomic E-state index is 0.340. The van der Waals surface area contributed by atoms with Gasteiger partial charge in [0, 0.05) is 39.1 Å². The fraction of sp³-hybridized carbons (Fsp3) is 0.588. The summed E-state index contributed by atoms with van der Waals surface area (Å²) in [7, 11) is 0. The second kappa shape index (κ2) is 6.51. The Bertz CT molecular complexity index is 434. The van der Waals surface area contributed by atoms with Gasteiger partial charge >= 0.3 is 0 Å². The largest absolute Gasteiger partial charge is 0.301 e. The first kappa shape index (κ1) is 13.8. The third-order valence-corrected chi connectivity index (χ3v) is 4.32. The van der Waals surface area contributed by atoms with Crippen LogP contribution in [0.5, 0.6) is 0 Å². The Morgan fingerprint density at radius 2 is 1.65 bits per heavy atom. The van der Waals surface area contributed by atoms with Gasteiger partial charge in [-0.25, -0.2) is 0 Å². The quantitative estimate of drug-likeness (QED) is 0.789. The molecule has 20 heavy (non-hydrogen) atoms. The highest BCUT2D eigenvalue weighted by Crippen LogP contribution is 2.29. The van der Waals surface area contributed by atoms with Gasteiger partial charge in [0.25, 0.3) is 0 Å². The normalized spacial score (nSPS) is 21.0. The number of carbonyl (C=O) groups is 1. The Balaban J connectivity index is 1.39. The van der Waals surface area contributed by atoms with Crippen LogP contribution in [0.3, 0.4) is 0 Å². The van der Waals surface area contributed by atoms with Crippen LogP contribution in [0, 0.1) is 5.92 Å². The van der Waals surface area contributed by atoms with E-state index < -0.39 is 0 Å². The Morgan fingerprint density at radius 3 is 2.30 bits per heavy atom. The summed E-state index contributed by atoms with van der Waals surface area (Å²) in [6, 6.07) is 10.1. The topological polar surface area (TPSA) is 23.6 Å². The molecule has 0 unspecified atom stereocenters. The molecule has 1 aromatic carbocycles. The maximum atomic E-state index is 12.1. The van der Waals surface area contributed by atoms with Gasteiger partial charge in [0.05, 0.1) is 6.54 Å². The number of rotatable bonds is 6. The molecule has 0 N–H and O–H groups in total. The third kappa shape index (κ3) is 4.15. The number of nitrogens with zero attached hydrogens (tertiary/aromatic N) is 2. The monoisotopic (exact) mass is 272 g/mol. The van der Waals surface area contributed by atoms with Crippen molar-refractivity contribution in [3.8, 4) is 0 Å². The van der Waals surface area contributed by atoms with Crippen molar-refractivity contribution in [1.29, 1.82) is 0 Å². The van der Waals surface area contributed by atoms with Gasteiger partial charge in [-0.15, -0.1) is 0 Å².